The Morgan fingerprint density at radius 1 is 0.900 bits per heavy atom. The van der Waals surface area contributed by atoms with Crippen LogP contribution in [0.15, 0.2) is 42.5 Å². The molecule has 1 N–H and O–H groups in total. The molecular formula is C17H19F2N. The molecule has 0 bridgehead atoms. The van der Waals surface area contributed by atoms with E-state index in [1.165, 1.54) is 23.3 Å². The van der Waals surface area contributed by atoms with Gasteiger partial charge in [-0.15, -0.1) is 0 Å². The average Bonchev–Trinajstić information content (AvgIpc) is 2.42. The van der Waals surface area contributed by atoms with Gasteiger partial charge in [-0.25, -0.2) is 8.78 Å². The number of hydrogen-bond donors (Lipinski definition) is 1. The van der Waals surface area contributed by atoms with Crippen LogP contribution in [0.5, 0.6) is 0 Å². The highest BCUT2D eigenvalue weighted by Crippen LogP contribution is 2.22. The van der Waals surface area contributed by atoms with Crippen LogP contribution in [0.4, 0.5) is 8.78 Å². The molecule has 0 amide bonds. The van der Waals surface area contributed by atoms with Crippen molar-refractivity contribution in [2.24, 2.45) is 0 Å². The van der Waals surface area contributed by atoms with E-state index < -0.39 is 11.6 Å². The molecule has 2 atom stereocenters. The second-order valence-corrected chi connectivity index (χ2v) is 5.14. The Morgan fingerprint density at radius 3 is 2.25 bits per heavy atom. The number of benzene rings is 2. The van der Waals surface area contributed by atoms with Crippen LogP contribution in [0.2, 0.25) is 0 Å². The molecule has 106 valence electrons. The Kier molecular flexibility index (Phi) is 4.50. The van der Waals surface area contributed by atoms with Crippen LogP contribution in [0.1, 0.15) is 42.6 Å². The van der Waals surface area contributed by atoms with Gasteiger partial charge in [0.15, 0.2) is 11.6 Å². The molecule has 2 aromatic carbocycles. The molecule has 0 aliphatic rings. The topological polar surface area (TPSA) is 12.0 Å². The first-order chi connectivity index (χ1) is 9.49. The standard InChI is InChI=1S/C17H19F2N/c1-11-6-4-5-7-15(11)13(3)20-12(2)14-8-9-16(18)17(19)10-14/h4-10,12-13,20H,1-3H3/t12?,13-/m0/s1. The minimum Gasteiger partial charge on any atom is -0.304 e. The molecule has 0 saturated heterocycles. The zero-order valence-electron chi connectivity index (χ0n) is 12.0. The minimum absolute atomic E-state index is 0.0558. The summed E-state index contributed by atoms with van der Waals surface area (Å²) in [5, 5.41) is 3.41. The molecule has 2 rings (SSSR count). The van der Waals surface area contributed by atoms with Crippen molar-refractivity contribution >= 4 is 0 Å². The third-order valence-corrected chi connectivity index (χ3v) is 3.60. The number of aryl methyl sites for hydroxylation is 1. The van der Waals surface area contributed by atoms with Gasteiger partial charge in [0.2, 0.25) is 0 Å². The number of hydrogen-bond acceptors (Lipinski definition) is 1. The highest BCUT2D eigenvalue weighted by atomic mass is 19.2. The summed E-state index contributed by atoms with van der Waals surface area (Å²) in [6.07, 6.45) is 0. The van der Waals surface area contributed by atoms with Crippen LogP contribution in [-0.4, -0.2) is 0 Å². The fourth-order valence-electron chi connectivity index (χ4n) is 2.42. The van der Waals surface area contributed by atoms with Gasteiger partial charge in [-0.2, -0.15) is 0 Å². The highest BCUT2D eigenvalue weighted by Gasteiger charge is 2.14. The monoisotopic (exact) mass is 275 g/mol. The van der Waals surface area contributed by atoms with E-state index in [2.05, 4.69) is 31.3 Å². The summed E-state index contributed by atoms with van der Waals surface area (Å²) in [6, 6.07) is 12.3. The van der Waals surface area contributed by atoms with Crippen LogP contribution in [0, 0.1) is 18.6 Å². The van der Waals surface area contributed by atoms with Crippen molar-refractivity contribution in [3.8, 4) is 0 Å². The maximum atomic E-state index is 13.3. The van der Waals surface area contributed by atoms with E-state index in [0.29, 0.717) is 0 Å². The Labute approximate surface area is 118 Å². The SMILES string of the molecule is Cc1ccccc1[C@H](C)NC(C)c1ccc(F)c(F)c1. The smallest absolute Gasteiger partial charge is 0.159 e. The molecule has 1 nitrogen and oxygen atoms in total. The quantitative estimate of drug-likeness (QED) is 0.854. The van der Waals surface area contributed by atoms with Crippen LogP contribution in [-0.2, 0) is 0 Å². The summed E-state index contributed by atoms with van der Waals surface area (Å²) in [5.41, 5.74) is 3.16. The molecule has 0 spiro atoms. The van der Waals surface area contributed by atoms with Crippen LogP contribution < -0.4 is 5.32 Å². The molecule has 20 heavy (non-hydrogen) atoms. The summed E-state index contributed by atoms with van der Waals surface area (Å²) in [6.45, 7) is 6.08. The normalized spacial score (nSPS) is 14.1. The van der Waals surface area contributed by atoms with Crippen LogP contribution in [0.3, 0.4) is 0 Å². The maximum absolute atomic E-state index is 13.3. The molecule has 0 saturated carbocycles. The Morgan fingerprint density at radius 2 is 1.60 bits per heavy atom. The van der Waals surface area contributed by atoms with E-state index >= 15 is 0 Å². The summed E-state index contributed by atoms with van der Waals surface area (Å²) < 4.78 is 26.2. The maximum Gasteiger partial charge on any atom is 0.159 e. The molecule has 0 aromatic heterocycles. The first-order valence-electron chi connectivity index (χ1n) is 6.75. The largest absolute Gasteiger partial charge is 0.304 e. The molecule has 0 heterocycles. The summed E-state index contributed by atoms with van der Waals surface area (Å²) in [7, 11) is 0. The summed E-state index contributed by atoms with van der Waals surface area (Å²) >= 11 is 0. The van der Waals surface area contributed by atoms with Crippen molar-refractivity contribution in [1.82, 2.24) is 5.32 Å². The van der Waals surface area contributed by atoms with Crippen molar-refractivity contribution in [3.63, 3.8) is 0 Å². The molecule has 1 unspecified atom stereocenters. The lowest BCUT2D eigenvalue weighted by atomic mass is 10.0. The van der Waals surface area contributed by atoms with Gasteiger partial charge >= 0.3 is 0 Å². The van der Waals surface area contributed by atoms with Gasteiger partial charge in [0.1, 0.15) is 0 Å². The third kappa shape index (κ3) is 3.23. The van der Waals surface area contributed by atoms with Gasteiger partial charge in [0, 0.05) is 12.1 Å². The zero-order chi connectivity index (χ0) is 14.7. The molecule has 0 aliphatic carbocycles. The van der Waals surface area contributed by atoms with Crippen LogP contribution >= 0.6 is 0 Å². The Balaban J connectivity index is 2.13. The summed E-state index contributed by atoms with van der Waals surface area (Å²) in [5.74, 6) is -1.62. The lowest BCUT2D eigenvalue weighted by Gasteiger charge is -2.22. The van der Waals surface area contributed by atoms with E-state index in [-0.39, 0.29) is 12.1 Å². The lowest BCUT2D eigenvalue weighted by molar-refractivity contribution is 0.479. The van der Waals surface area contributed by atoms with E-state index in [1.807, 2.05) is 19.1 Å². The number of rotatable bonds is 4. The first kappa shape index (κ1) is 14.7. The fourth-order valence-corrected chi connectivity index (χ4v) is 2.42. The minimum atomic E-state index is -0.812. The van der Waals surface area contributed by atoms with Crippen molar-refractivity contribution in [2.45, 2.75) is 32.9 Å². The van der Waals surface area contributed by atoms with E-state index in [0.717, 1.165) is 5.56 Å². The molecule has 3 heteroatoms. The summed E-state index contributed by atoms with van der Waals surface area (Å²) in [4.78, 5) is 0. The average molecular weight is 275 g/mol. The lowest BCUT2D eigenvalue weighted by Crippen LogP contribution is -2.23. The number of nitrogens with one attached hydrogen (secondary N) is 1. The van der Waals surface area contributed by atoms with E-state index in [1.54, 1.807) is 6.07 Å². The molecule has 0 fully saturated rings. The van der Waals surface area contributed by atoms with Gasteiger partial charge in [0.05, 0.1) is 0 Å². The van der Waals surface area contributed by atoms with Gasteiger partial charge in [-0.05, 0) is 49.6 Å². The van der Waals surface area contributed by atoms with Gasteiger partial charge in [-0.1, -0.05) is 30.3 Å². The Bertz CT molecular complexity index is 595. The predicted molar refractivity (Wildman–Crippen MR) is 77.5 cm³/mol. The predicted octanol–water partition coefficient (Wildman–Crippen LogP) is 4.69. The highest BCUT2D eigenvalue weighted by molar-refractivity contribution is 5.29. The zero-order valence-corrected chi connectivity index (χ0v) is 12.0. The van der Waals surface area contributed by atoms with E-state index in [4.69, 9.17) is 0 Å². The second-order valence-electron chi connectivity index (χ2n) is 5.14. The second kappa shape index (κ2) is 6.14. The van der Waals surface area contributed by atoms with Crippen molar-refractivity contribution in [1.29, 1.82) is 0 Å². The molecule has 0 radical (unpaired) electrons. The molecule has 2 aromatic rings. The fraction of sp³-hybridized carbons (Fsp3) is 0.294. The first-order valence-corrected chi connectivity index (χ1v) is 6.75. The van der Waals surface area contributed by atoms with Crippen molar-refractivity contribution in [3.05, 3.63) is 70.8 Å². The van der Waals surface area contributed by atoms with Gasteiger partial charge < -0.3 is 5.32 Å². The van der Waals surface area contributed by atoms with Gasteiger partial charge in [0.25, 0.3) is 0 Å². The molecule has 0 aliphatic heterocycles. The van der Waals surface area contributed by atoms with Crippen molar-refractivity contribution < 1.29 is 8.78 Å². The van der Waals surface area contributed by atoms with Crippen LogP contribution in [0.25, 0.3) is 0 Å². The Hall–Kier alpha value is -1.74. The van der Waals surface area contributed by atoms with Gasteiger partial charge in [-0.3, -0.25) is 0 Å². The van der Waals surface area contributed by atoms with E-state index in [9.17, 15) is 8.78 Å². The van der Waals surface area contributed by atoms with Crippen molar-refractivity contribution in [2.75, 3.05) is 0 Å². The molecular weight excluding hydrogens is 256 g/mol. The third-order valence-electron chi connectivity index (χ3n) is 3.60. The number of halogens is 2.